The molecule has 0 fully saturated rings. The zero-order valence-corrected chi connectivity index (χ0v) is 24.2. The van der Waals surface area contributed by atoms with Crippen LogP contribution >= 0.6 is 0 Å². The van der Waals surface area contributed by atoms with Crippen LogP contribution in [0.4, 0.5) is 0 Å². The Morgan fingerprint density at radius 3 is 1.88 bits per heavy atom. The Bertz CT molecular complexity index is 566. The van der Waals surface area contributed by atoms with Crippen molar-refractivity contribution in [3.8, 4) is 0 Å². The van der Waals surface area contributed by atoms with E-state index in [2.05, 4.69) is 16.5 Å². The molecule has 0 saturated carbocycles. The standard InChI is InChI=1S/C12H26N2O3Si.C10H20O5Si/c1-4-15-18(16-5-2,17-6-3)11-7-9-14-10-8-13-12-14;1-9(2)10(11)15-7-6-8-16(12-3,13-4)14-5/h12H,4-11H2,1-3H3;1,6-8H2,2-5H3. The highest BCUT2D eigenvalue weighted by molar-refractivity contribution is 6.61. The molecule has 0 aromatic heterocycles. The molecule has 1 aliphatic rings. The maximum atomic E-state index is 11.1. The maximum Gasteiger partial charge on any atom is 0.500 e. The molecule has 0 aromatic carbocycles. The fourth-order valence-corrected chi connectivity index (χ4v) is 7.50. The van der Waals surface area contributed by atoms with E-state index in [4.69, 9.17) is 31.3 Å². The van der Waals surface area contributed by atoms with Crippen LogP contribution in [0.1, 0.15) is 40.5 Å². The fourth-order valence-electron chi connectivity index (χ4n) is 3.22. The number of esters is 1. The van der Waals surface area contributed by atoms with E-state index in [0.29, 0.717) is 44.5 Å². The molecule has 34 heavy (non-hydrogen) atoms. The molecule has 0 bridgehead atoms. The van der Waals surface area contributed by atoms with Gasteiger partial charge in [0.25, 0.3) is 0 Å². The summed E-state index contributed by atoms with van der Waals surface area (Å²) in [6.45, 7) is 16.3. The van der Waals surface area contributed by atoms with Crippen molar-refractivity contribution in [2.75, 3.05) is 67.4 Å². The Hall–Kier alpha value is -1.13. The average Bonchev–Trinajstić information content (AvgIpc) is 3.34. The molecular formula is C22H46N2O8Si2. The number of nitrogens with zero attached hydrogens (tertiary/aromatic N) is 2. The lowest BCUT2D eigenvalue weighted by atomic mass is 10.4. The van der Waals surface area contributed by atoms with Gasteiger partial charge in [-0.15, -0.1) is 0 Å². The average molecular weight is 523 g/mol. The Kier molecular flexibility index (Phi) is 18.5. The predicted molar refractivity (Wildman–Crippen MR) is 137 cm³/mol. The van der Waals surface area contributed by atoms with Crippen LogP contribution in [-0.4, -0.2) is 102 Å². The van der Waals surface area contributed by atoms with Crippen molar-refractivity contribution in [2.24, 2.45) is 4.99 Å². The van der Waals surface area contributed by atoms with Crippen LogP contribution in [0.15, 0.2) is 17.1 Å². The quantitative estimate of drug-likeness (QED) is 0.116. The van der Waals surface area contributed by atoms with Crippen LogP contribution in [0.5, 0.6) is 0 Å². The number of carbonyl (C=O) groups excluding carboxylic acids is 1. The zero-order valence-electron chi connectivity index (χ0n) is 22.2. The summed E-state index contributed by atoms with van der Waals surface area (Å²) < 4.78 is 38.1. The molecule has 1 heterocycles. The maximum absolute atomic E-state index is 11.1. The molecule has 0 N–H and O–H groups in total. The number of hydrogen-bond acceptors (Lipinski definition) is 10. The lowest BCUT2D eigenvalue weighted by molar-refractivity contribution is -0.139. The first-order valence-corrected chi connectivity index (χ1v) is 15.8. The fraction of sp³-hybridized carbons (Fsp3) is 0.818. The minimum atomic E-state index is -2.53. The number of ether oxygens (including phenoxy) is 1. The van der Waals surface area contributed by atoms with Gasteiger partial charge >= 0.3 is 23.6 Å². The summed E-state index contributed by atoms with van der Waals surface area (Å²) in [7, 11) is -0.305. The number of carbonyl (C=O) groups is 1. The first-order chi connectivity index (χ1) is 16.3. The van der Waals surface area contributed by atoms with Gasteiger partial charge in [0.15, 0.2) is 0 Å². The van der Waals surface area contributed by atoms with Crippen molar-refractivity contribution in [2.45, 2.75) is 52.6 Å². The first-order valence-electron chi connectivity index (χ1n) is 11.9. The molecule has 1 rings (SSSR count). The lowest BCUT2D eigenvalue weighted by Crippen LogP contribution is -2.46. The summed E-state index contributed by atoms with van der Waals surface area (Å²) in [4.78, 5) is 17.5. The third-order valence-corrected chi connectivity index (χ3v) is 10.9. The van der Waals surface area contributed by atoms with E-state index < -0.39 is 17.6 Å². The summed E-state index contributed by atoms with van der Waals surface area (Å²) in [5.41, 5.74) is 0.397. The summed E-state index contributed by atoms with van der Waals surface area (Å²) in [5.74, 6) is -0.375. The number of hydrogen-bond donors (Lipinski definition) is 0. The van der Waals surface area contributed by atoms with Crippen LogP contribution in [0.2, 0.25) is 12.1 Å². The molecule has 12 heteroatoms. The van der Waals surface area contributed by atoms with Crippen molar-refractivity contribution in [1.29, 1.82) is 0 Å². The van der Waals surface area contributed by atoms with Gasteiger partial charge in [0, 0.05) is 71.9 Å². The topological polar surface area (TPSA) is 97.3 Å². The van der Waals surface area contributed by atoms with Crippen molar-refractivity contribution in [3.63, 3.8) is 0 Å². The second-order valence-corrected chi connectivity index (χ2v) is 13.3. The Morgan fingerprint density at radius 2 is 1.47 bits per heavy atom. The van der Waals surface area contributed by atoms with E-state index in [1.54, 1.807) is 28.3 Å². The van der Waals surface area contributed by atoms with Crippen LogP contribution < -0.4 is 0 Å². The summed E-state index contributed by atoms with van der Waals surface area (Å²) in [6, 6.07) is 1.49. The highest BCUT2D eigenvalue weighted by Crippen LogP contribution is 2.18. The minimum absolute atomic E-state index is 0.316. The second-order valence-electron chi connectivity index (χ2n) is 7.46. The third kappa shape index (κ3) is 13.1. The Balaban J connectivity index is 0.000000646. The highest BCUT2D eigenvalue weighted by Gasteiger charge is 2.39. The van der Waals surface area contributed by atoms with Gasteiger partial charge in [-0.1, -0.05) is 6.58 Å². The van der Waals surface area contributed by atoms with Crippen LogP contribution in [0.25, 0.3) is 0 Å². The van der Waals surface area contributed by atoms with Crippen LogP contribution in [0, 0.1) is 0 Å². The molecule has 0 aromatic rings. The molecule has 0 aliphatic carbocycles. The van der Waals surface area contributed by atoms with Gasteiger partial charge in [0.1, 0.15) is 0 Å². The van der Waals surface area contributed by atoms with Crippen molar-refractivity contribution in [1.82, 2.24) is 4.90 Å². The number of rotatable bonds is 18. The molecule has 0 atom stereocenters. The molecule has 0 unspecified atom stereocenters. The van der Waals surface area contributed by atoms with Gasteiger partial charge in [0.2, 0.25) is 0 Å². The largest absolute Gasteiger partial charge is 0.500 e. The number of aliphatic imine (C=N–C) groups is 1. The predicted octanol–water partition coefficient (Wildman–Crippen LogP) is 3.14. The van der Waals surface area contributed by atoms with Crippen LogP contribution in [-0.2, 0) is 36.1 Å². The van der Waals surface area contributed by atoms with Gasteiger partial charge < -0.3 is 36.2 Å². The molecule has 0 amide bonds. The smallest absolute Gasteiger partial charge is 0.462 e. The zero-order chi connectivity index (χ0) is 25.9. The Labute approximate surface area is 208 Å². The minimum Gasteiger partial charge on any atom is -0.462 e. The van der Waals surface area contributed by atoms with Gasteiger partial charge in [-0.25, -0.2) is 4.79 Å². The van der Waals surface area contributed by atoms with E-state index in [-0.39, 0.29) is 5.97 Å². The van der Waals surface area contributed by atoms with E-state index in [1.165, 1.54) is 0 Å². The molecule has 0 saturated heterocycles. The van der Waals surface area contributed by atoms with Gasteiger partial charge in [-0.2, -0.15) is 0 Å². The molecule has 0 radical (unpaired) electrons. The summed E-state index contributed by atoms with van der Waals surface area (Å²) in [5, 5.41) is 0. The lowest BCUT2D eigenvalue weighted by Gasteiger charge is -2.29. The monoisotopic (exact) mass is 522 g/mol. The van der Waals surface area contributed by atoms with Gasteiger partial charge in [0.05, 0.1) is 19.5 Å². The SMILES string of the molecule is C=C(C)C(=O)OCCC[Si](OC)(OC)OC.CCO[Si](CCCN1C=NCC1)(OCC)OCC. The molecule has 200 valence electrons. The van der Waals surface area contributed by atoms with E-state index >= 15 is 0 Å². The van der Waals surface area contributed by atoms with Crippen LogP contribution in [0.3, 0.4) is 0 Å². The van der Waals surface area contributed by atoms with E-state index in [1.807, 2.05) is 27.1 Å². The third-order valence-electron chi connectivity index (χ3n) is 4.92. The van der Waals surface area contributed by atoms with Gasteiger partial charge in [-0.3, -0.25) is 4.99 Å². The van der Waals surface area contributed by atoms with Gasteiger partial charge in [-0.05, 0) is 40.5 Å². The normalized spacial score (nSPS) is 13.6. The molecule has 1 aliphatic heterocycles. The van der Waals surface area contributed by atoms with Crippen molar-refractivity contribution < 1.29 is 36.1 Å². The Morgan fingerprint density at radius 1 is 0.941 bits per heavy atom. The summed E-state index contributed by atoms with van der Waals surface area (Å²) in [6.07, 6.45) is 3.60. The van der Waals surface area contributed by atoms with Crippen molar-refractivity contribution >= 4 is 29.9 Å². The highest BCUT2D eigenvalue weighted by atomic mass is 28.4. The summed E-state index contributed by atoms with van der Waals surface area (Å²) >= 11 is 0. The second kappa shape index (κ2) is 19.1. The van der Waals surface area contributed by atoms with E-state index in [0.717, 1.165) is 32.1 Å². The van der Waals surface area contributed by atoms with E-state index in [9.17, 15) is 4.79 Å². The van der Waals surface area contributed by atoms with Crippen molar-refractivity contribution in [3.05, 3.63) is 12.2 Å². The first kappa shape index (κ1) is 32.9. The molecule has 0 spiro atoms. The molecule has 10 nitrogen and oxygen atoms in total. The molecular weight excluding hydrogens is 476 g/mol.